The molecule has 4 nitrogen and oxygen atoms in total. The first kappa shape index (κ1) is 12.5. The molecule has 2 aromatic rings. The third-order valence-electron chi connectivity index (χ3n) is 4.38. The van der Waals surface area contributed by atoms with Gasteiger partial charge in [0.2, 0.25) is 0 Å². The zero-order chi connectivity index (χ0) is 13.4. The zero-order valence-corrected chi connectivity index (χ0v) is 12.0. The molecule has 1 N–H and O–H groups in total. The Morgan fingerprint density at radius 3 is 2.84 bits per heavy atom. The van der Waals surface area contributed by atoms with Crippen LogP contribution in [0.3, 0.4) is 0 Å². The Bertz CT molecular complexity index is 616. The van der Waals surface area contributed by atoms with Crippen molar-refractivity contribution in [3.8, 4) is 11.4 Å². The Labute approximate surface area is 117 Å². The lowest BCUT2D eigenvalue weighted by Gasteiger charge is -2.21. The number of H-pyrrole nitrogens is 1. The van der Waals surface area contributed by atoms with E-state index in [0.717, 1.165) is 17.3 Å². The SMILES string of the molecule is CC1CCC(n2c(-c3cccnc3)n[nH]c2=S)C1C. The molecule has 0 aromatic carbocycles. The molecule has 19 heavy (non-hydrogen) atoms. The van der Waals surface area contributed by atoms with Crippen LogP contribution in [0.15, 0.2) is 24.5 Å². The lowest BCUT2D eigenvalue weighted by molar-refractivity contribution is 0.352. The number of hydrogen-bond donors (Lipinski definition) is 1. The summed E-state index contributed by atoms with van der Waals surface area (Å²) < 4.78 is 2.89. The molecular formula is C14H18N4S. The predicted octanol–water partition coefficient (Wildman–Crippen LogP) is 3.61. The highest BCUT2D eigenvalue weighted by Crippen LogP contribution is 2.41. The minimum absolute atomic E-state index is 0.441. The minimum Gasteiger partial charge on any atom is -0.297 e. The van der Waals surface area contributed by atoms with Crippen molar-refractivity contribution in [2.24, 2.45) is 11.8 Å². The minimum atomic E-state index is 0.441. The van der Waals surface area contributed by atoms with Crippen molar-refractivity contribution in [2.45, 2.75) is 32.7 Å². The average Bonchev–Trinajstić information content (AvgIpc) is 2.95. The third-order valence-corrected chi connectivity index (χ3v) is 4.67. The Morgan fingerprint density at radius 1 is 1.37 bits per heavy atom. The van der Waals surface area contributed by atoms with Crippen molar-refractivity contribution < 1.29 is 0 Å². The maximum atomic E-state index is 5.43. The summed E-state index contributed by atoms with van der Waals surface area (Å²) in [6.45, 7) is 4.63. The first-order valence-electron chi connectivity index (χ1n) is 6.76. The summed E-state index contributed by atoms with van der Waals surface area (Å²) in [6.07, 6.45) is 6.04. The lowest BCUT2D eigenvalue weighted by Crippen LogP contribution is -2.15. The second-order valence-electron chi connectivity index (χ2n) is 5.45. The quantitative estimate of drug-likeness (QED) is 0.851. The zero-order valence-electron chi connectivity index (χ0n) is 11.2. The molecule has 0 saturated heterocycles. The van der Waals surface area contributed by atoms with Gasteiger partial charge in [0, 0.05) is 24.0 Å². The van der Waals surface area contributed by atoms with Crippen LogP contribution in [0.4, 0.5) is 0 Å². The molecular weight excluding hydrogens is 256 g/mol. The standard InChI is InChI=1S/C14H18N4S/c1-9-5-6-12(10(9)2)18-13(16-17-14(18)19)11-4-3-7-15-8-11/h3-4,7-10,12H,5-6H2,1-2H3,(H,17,19). The summed E-state index contributed by atoms with van der Waals surface area (Å²) in [5.74, 6) is 2.27. The fraction of sp³-hybridized carbons (Fsp3) is 0.500. The number of rotatable bonds is 2. The second kappa shape index (κ2) is 4.89. The second-order valence-corrected chi connectivity index (χ2v) is 5.83. The Balaban J connectivity index is 2.08. The van der Waals surface area contributed by atoms with Gasteiger partial charge in [0.15, 0.2) is 10.6 Å². The van der Waals surface area contributed by atoms with Crippen LogP contribution >= 0.6 is 12.2 Å². The van der Waals surface area contributed by atoms with Crippen LogP contribution in [0, 0.1) is 16.6 Å². The lowest BCUT2D eigenvalue weighted by atomic mass is 9.97. The van der Waals surface area contributed by atoms with Crippen molar-refractivity contribution >= 4 is 12.2 Å². The molecule has 0 spiro atoms. The number of nitrogens with zero attached hydrogens (tertiary/aromatic N) is 3. The average molecular weight is 274 g/mol. The first-order valence-corrected chi connectivity index (χ1v) is 7.16. The van der Waals surface area contributed by atoms with Gasteiger partial charge in [-0.15, -0.1) is 0 Å². The molecule has 100 valence electrons. The summed E-state index contributed by atoms with van der Waals surface area (Å²) in [7, 11) is 0. The van der Waals surface area contributed by atoms with E-state index in [1.165, 1.54) is 12.8 Å². The summed E-state index contributed by atoms with van der Waals surface area (Å²) >= 11 is 5.43. The molecule has 0 amide bonds. The van der Waals surface area contributed by atoms with E-state index in [0.29, 0.717) is 16.7 Å². The predicted molar refractivity (Wildman–Crippen MR) is 77.2 cm³/mol. The van der Waals surface area contributed by atoms with Gasteiger partial charge in [-0.2, -0.15) is 5.10 Å². The Hall–Kier alpha value is -1.49. The van der Waals surface area contributed by atoms with E-state index in [4.69, 9.17) is 12.2 Å². The van der Waals surface area contributed by atoms with Gasteiger partial charge in [0.1, 0.15) is 0 Å². The fourth-order valence-electron chi connectivity index (χ4n) is 3.01. The van der Waals surface area contributed by atoms with E-state index in [1.54, 1.807) is 6.20 Å². The van der Waals surface area contributed by atoms with Crippen molar-refractivity contribution in [3.05, 3.63) is 29.3 Å². The third kappa shape index (κ3) is 2.12. The Morgan fingerprint density at radius 2 is 2.21 bits per heavy atom. The van der Waals surface area contributed by atoms with E-state index in [1.807, 2.05) is 18.3 Å². The van der Waals surface area contributed by atoms with E-state index >= 15 is 0 Å². The molecule has 1 fully saturated rings. The highest BCUT2D eigenvalue weighted by Gasteiger charge is 2.33. The number of hydrogen-bond acceptors (Lipinski definition) is 3. The molecule has 0 aliphatic heterocycles. The van der Waals surface area contributed by atoms with Crippen LogP contribution in [0.5, 0.6) is 0 Å². The highest BCUT2D eigenvalue weighted by molar-refractivity contribution is 7.71. The van der Waals surface area contributed by atoms with Gasteiger partial charge >= 0.3 is 0 Å². The van der Waals surface area contributed by atoms with Gasteiger partial charge in [-0.1, -0.05) is 13.8 Å². The van der Waals surface area contributed by atoms with Gasteiger partial charge in [-0.05, 0) is 49.0 Å². The molecule has 2 heterocycles. The van der Waals surface area contributed by atoms with Gasteiger partial charge < -0.3 is 0 Å². The van der Waals surface area contributed by atoms with Crippen LogP contribution in [0.25, 0.3) is 11.4 Å². The monoisotopic (exact) mass is 274 g/mol. The molecule has 3 rings (SSSR count). The molecule has 1 saturated carbocycles. The Kier molecular flexibility index (Phi) is 3.22. The largest absolute Gasteiger partial charge is 0.297 e. The number of pyridine rings is 1. The maximum Gasteiger partial charge on any atom is 0.195 e. The molecule has 2 aromatic heterocycles. The summed E-state index contributed by atoms with van der Waals surface area (Å²) in [4.78, 5) is 4.17. The normalized spacial score (nSPS) is 26.7. The van der Waals surface area contributed by atoms with E-state index < -0.39 is 0 Å². The number of aromatic nitrogens is 4. The topological polar surface area (TPSA) is 46.5 Å². The fourth-order valence-corrected chi connectivity index (χ4v) is 3.28. The van der Waals surface area contributed by atoms with Crippen LogP contribution < -0.4 is 0 Å². The van der Waals surface area contributed by atoms with Gasteiger partial charge in [0.05, 0.1) is 0 Å². The van der Waals surface area contributed by atoms with Crippen molar-refractivity contribution in [1.82, 2.24) is 19.7 Å². The van der Waals surface area contributed by atoms with E-state index in [9.17, 15) is 0 Å². The number of nitrogens with one attached hydrogen (secondary N) is 1. The van der Waals surface area contributed by atoms with Crippen LogP contribution in [-0.4, -0.2) is 19.7 Å². The van der Waals surface area contributed by atoms with Crippen molar-refractivity contribution in [2.75, 3.05) is 0 Å². The molecule has 5 heteroatoms. The van der Waals surface area contributed by atoms with Crippen LogP contribution in [0.1, 0.15) is 32.7 Å². The van der Waals surface area contributed by atoms with Crippen molar-refractivity contribution in [3.63, 3.8) is 0 Å². The van der Waals surface area contributed by atoms with Gasteiger partial charge in [0.25, 0.3) is 0 Å². The maximum absolute atomic E-state index is 5.43. The first-order chi connectivity index (χ1) is 9.18. The summed E-state index contributed by atoms with van der Waals surface area (Å²) in [5.41, 5.74) is 1.02. The smallest absolute Gasteiger partial charge is 0.195 e. The number of aromatic amines is 1. The van der Waals surface area contributed by atoms with E-state index in [-0.39, 0.29) is 0 Å². The molecule has 1 aliphatic rings. The molecule has 3 atom stereocenters. The molecule has 0 radical (unpaired) electrons. The van der Waals surface area contributed by atoms with Gasteiger partial charge in [-0.3, -0.25) is 14.6 Å². The highest BCUT2D eigenvalue weighted by atomic mass is 32.1. The van der Waals surface area contributed by atoms with Crippen LogP contribution in [0.2, 0.25) is 0 Å². The van der Waals surface area contributed by atoms with E-state index in [2.05, 4.69) is 33.6 Å². The van der Waals surface area contributed by atoms with Gasteiger partial charge in [-0.25, -0.2) is 0 Å². The summed E-state index contributed by atoms with van der Waals surface area (Å²) in [5, 5.41) is 7.33. The van der Waals surface area contributed by atoms with Crippen LogP contribution in [-0.2, 0) is 0 Å². The summed E-state index contributed by atoms with van der Waals surface area (Å²) in [6, 6.07) is 4.40. The van der Waals surface area contributed by atoms with Crippen molar-refractivity contribution in [1.29, 1.82) is 0 Å². The molecule has 1 aliphatic carbocycles. The molecule has 0 bridgehead atoms. The molecule has 3 unspecified atom stereocenters.